The Bertz CT molecular complexity index is 630. The van der Waals surface area contributed by atoms with Crippen molar-refractivity contribution in [3.05, 3.63) is 35.4 Å². The van der Waals surface area contributed by atoms with Crippen LogP contribution in [0.4, 0.5) is 0 Å². The molecule has 0 aromatic heterocycles. The van der Waals surface area contributed by atoms with E-state index in [9.17, 15) is 14.4 Å². The van der Waals surface area contributed by atoms with Crippen LogP contribution >= 0.6 is 11.8 Å². The lowest BCUT2D eigenvalue weighted by Crippen LogP contribution is -2.48. The monoisotopic (exact) mass is 364 g/mol. The van der Waals surface area contributed by atoms with Crippen molar-refractivity contribution in [2.45, 2.75) is 32.7 Å². The average Bonchev–Trinajstić information content (AvgIpc) is 3.07. The minimum atomic E-state index is -0.966. The number of aromatic carboxylic acids is 1. The molecular formula is C18H24N2O4S. The molecule has 0 aliphatic carbocycles. The van der Waals surface area contributed by atoms with Gasteiger partial charge in [-0.2, -0.15) is 0 Å². The van der Waals surface area contributed by atoms with Gasteiger partial charge in [-0.05, 0) is 30.0 Å². The molecule has 1 aromatic carbocycles. The van der Waals surface area contributed by atoms with Crippen molar-refractivity contribution in [1.82, 2.24) is 10.2 Å². The quantitative estimate of drug-likeness (QED) is 0.773. The number of nitrogens with one attached hydrogen (secondary N) is 1. The summed E-state index contributed by atoms with van der Waals surface area (Å²) in [7, 11) is 0. The summed E-state index contributed by atoms with van der Waals surface area (Å²) in [6.45, 7) is 4.67. The van der Waals surface area contributed by atoms with Crippen LogP contribution in [-0.4, -0.2) is 52.0 Å². The largest absolute Gasteiger partial charge is 0.478 e. The summed E-state index contributed by atoms with van der Waals surface area (Å²) in [6, 6.07) is 6.13. The summed E-state index contributed by atoms with van der Waals surface area (Å²) in [4.78, 5) is 37.2. The van der Waals surface area contributed by atoms with E-state index in [-0.39, 0.29) is 17.4 Å². The molecule has 0 saturated carbocycles. The van der Waals surface area contributed by atoms with Crippen LogP contribution in [-0.2, 0) is 16.0 Å². The van der Waals surface area contributed by atoms with Gasteiger partial charge in [-0.15, -0.1) is 11.8 Å². The van der Waals surface area contributed by atoms with E-state index in [0.29, 0.717) is 36.9 Å². The number of hydrogen-bond donors (Lipinski definition) is 2. The first-order valence-corrected chi connectivity index (χ1v) is 9.51. The van der Waals surface area contributed by atoms with E-state index in [1.54, 1.807) is 28.8 Å². The Hall–Kier alpha value is -2.02. The third-order valence-electron chi connectivity index (χ3n) is 4.02. The first-order valence-electron chi connectivity index (χ1n) is 8.35. The maximum Gasteiger partial charge on any atom is 0.335 e. The zero-order chi connectivity index (χ0) is 18.4. The normalized spacial score (nSPS) is 16.9. The highest BCUT2D eigenvalue weighted by Crippen LogP contribution is 2.22. The minimum absolute atomic E-state index is 0.0444. The number of rotatable bonds is 7. The van der Waals surface area contributed by atoms with Crippen molar-refractivity contribution in [3.8, 4) is 0 Å². The number of carbonyl (C=O) groups excluding carboxylic acids is 2. The number of thioether (sulfide) groups is 1. The van der Waals surface area contributed by atoms with Gasteiger partial charge in [-0.1, -0.05) is 26.0 Å². The van der Waals surface area contributed by atoms with Crippen LogP contribution in [0.1, 0.15) is 36.2 Å². The predicted molar refractivity (Wildman–Crippen MR) is 97.5 cm³/mol. The van der Waals surface area contributed by atoms with Crippen LogP contribution < -0.4 is 5.32 Å². The van der Waals surface area contributed by atoms with Gasteiger partial charge in [0.15, 0.2) is 0 Å². The molecule has 1 saturated heterocycles. The molecule has 1 fully saturated rings. The minimum Gasteiger partial charge on any atom is -0.478 e. The highest BCUT2D eigenvalue weighted by atomic mass is 32.2. The maximum absolute atomic E-state index is 12.5. The van der Waals surface area contributed by atoms with E-state index in [0.717, 1.165) is 5.56 Å². The number of carbonyl (C=O) groups is 3. The highest BCUT2D eigenvalue weighted by molar-refractivity contribution is 7.99. The lowest BCUT2D eigenvalue weighted by Gasteiger charge is -2.23. The number of hydrogen-bond acceptors (Lipinski definition) is 4. The molecule has 0 spiro atoms. The van der Waals surface area contributed by atoms with Gasteiger partial charge in [0.2, 0.25) is 11.8 Å². The second-order valence-electron chi connectivity index (χ2n) is 6.52. The van der Waals surface area contributed by atoms with E-state index in [4.69, 9.17) is 5.11 Å². The molecule has 1 aliphatic heterocycles. The van der Waals surface area contributed by atoms with Crippen molar-refractivity contribution in [2.24, 2.45) is 5.92 Å². The van der Waals surface area contributed by atoms with E-state index in [2.05, 4.69) is 5.32 Å². The Morgan fingerprint density at radius 2 is 1.96 bits per heavy atom. The van der Waals surface area contributed by atoms with Crippen LogP contribution in [0, 0.1) is 5.92 Å². The second kappa shape index (κ2) is 8.89. The number of amides is 2. The second-order valence-corrected chi connectivity index (χ2v) is 7.52. The standard InChI is InChI=1S/C18H24N2O4S/c1-12(2)9-19-17(22)15-10-25-11-20(15)16(21)8-5-13-3-6-14(7-4-13)18(23)24/h3-4,6-7,12,15H,5,8-11H2,1-2H3,(H,19,22)(H,23,24). The summed E-state index contributed by atoms with van der Waals surface area (Å²) in [6.07, 6.45) is 0.834. The fraction of sp³-hybridized carbons (Fsp3) is 0.500. The smallest absolute Gasteiger partial charge is 0.335 e. The molecule has 0 radical (unpaired) electrons. The summed E-state index contributed by atoms with van der Waals surface area (Å²) in [5.74, 6) is 0.442. The summed E-state index contributed by atoms with van der Waals surface area (Å²) >= 11 is 1.59. The molecule has 2 N–H and O–H groups in total. The fourth-order valence-corrected chi connectivity index (χ4v) is 3.72. The lowest BCUT2D eigenvalue weighted by atomic mass is 10.1. The molecule has 1 aromatic rings. The van der Waals surface area contributed by atoms with Gasteiger partial charge < -0.3 is 15.3 Å². The van der Waals surface area contributed by atoms with Crippen molar-refractivity contribution < 1.29 is 19.5 Å². The molecule has 25 heavy (non-hydrogen) atoms. The third-order valence-corrected chi connectivity index (χ3v) is 5.03. The topological polar surface area (TPSA) is 86.7 Å². The zero-order valence-electron chi connectivity index (χ0n) is 14.5. The Morgan fingerprint density at radius 3 is 2.56 bits per heavy atom. The number of nitrogens with zero attached hydrogens (tertiary/aromatic N) is 1. The molecule has 1 heterocycles. The van der Waals surface area contributed by atoms with Gasteiger partial charge in [-0.25, -0.2) is 4.79 Å². The molecule has 1 aliphatic rings. The molecule has 2 amide bonds. The van der Waals surface area contributed by atoms with Crippen molar-refractivity contribution in [1.29, 1.82) is 0 Å². The summed E-state index contributed by atoms with van der Waals surface area (Å²) in [5, 5.41) is 11.8. The molecule has 136 valence electrons. The maximum atomic E-state index is 12.5. The summed E-state index contributed by atoms with van der Waals surface area (Å²) in [5.41, 5.74) is 1.14. The number of carboxylic acid groups (broad SMARTS) is 1. The molecule has 6 nitrogen and oxygen atoms in total. The molecular weight excluding hydrogens is 340 g/mol. The van der Waals surface area contributed by atoms with Crippen LogP contribution in [0.15, 0.2) is 24.3 Å². The first kappa shape index (κ1) is 19.3. The summed E-state index contributed by atoms with van der Waals surface area (Å²) < 4.78 is 0. The molecule has 1 unspecified atom stereocenters. The Morgan fingerprint density at radius 1 is 1.28 bits per heavy atom. The Labute approximate surface area is 152 Å². The van der Waals surface area contributed by atoms with Gasteiger partial charge in [0.25, 0.3) is 0 Å². The average molecular weight is 364 g/mol. The van der Waals surface area contributed by atoms with E-state index >= 15 is 0 Å². The first-order chi connectivity index (χ1) is 11.9. The van der Waals surface area contributed by atoms with E-state index < -0.39 is 12.0 Å². The van der Waals surface area contributed by atoms with Crippen molar-refractivity contribution in [2.75, 3.05) is 18.2 Å². The van der Waals surface area contributed by atoms with Crippen molar-refractivity contribution in [3.63, 3.8) is 0 Å². The number of carboxylic acids is 1. The van der Waals surface area contributed by atoms with Gasteiger partial charge in [0.05, 0.1) is 11.4 Å². The van der Waals surface area contributed by atoms with Crippen LogP contribution in [0.2, 0.25) is 0 Å². The Kier molecular flexibility index (Phi) is 6.87. The highest BCUT2D eigenvalue weighted by Gasteiger charge is 2.34. The van der Waals surface area contributed by atoms with E-state index in [1.165, 1.54) is 12.1 Å². The van der Waals surface area contributed by atoms with Gasteiger partial charge in [0.1, 0.15) is 6.04 Å². The molecule has 0 bridgehead atoms. The van der Waals surface area contributed by atoms with Crippen LogP contribution in [0.3, 0.4) is 0 Å². The van der Waals surface area contributed by atoms with Crippen molar-refractivity contribution >= 4 is 29.5 Å². The Balaban J connectivity index is 1.88. The van der Waals surface area contributed by atoms with E-state index in [1.807, 2.05) is 13.8 Å². The SMILES string of the molecule is CC(C)CNC(=O)C1CSCN1C(=O)CCc1ccc(C(=O)O)cc1. The fourth-order valence-electron chi connectivity index (χ4n) is 2.54. The van der Waals surface area contributed by atoms with Crippen LogP contribution in [0.5, 0.6) is 0 Å². The molecule has 2 rings (SSSR count). The van der Waals surface area contributed by atoms with Gasteiger partial charge in [0, 0.05) is 18.7 Å². The molecule has 1 atom stereocenters. The zero-order valence-corrected chi connectivity index (χ0v) is 15.3. The number of benzene rings is 1. The predicted octanol–water partition coefficient (Wildman–Crippen LogP) is 1.99. The lowest BCUT2D eigenvalue weighted by molar-refractivity contribution is -0.138. The van der Waals surface area contributed by atoms with Crippen LogP contribution in [0.25, 0.3) is 0 Å². The van der Waals surface area contributed by atoms with Gasteiger partial charge >= 0.3 is 5.97 Å². The van der Waals surface area contributed by atoms with Gasteiger partial charge in [-0.3, -0.25) is 9.59 Å². The number of aryl methyl sites for hydroxylation is 1. The molecule has 7 heteroatoms. The third kappa shape index (κ3) is 5.49.